The van der Waals surface area contributed by atoms with Gasteiger partial charge in [-0.25, -0.2) is 13.1 Å². The molecule has 0 aliphatic rings. The molecule has 18 heavy (non-hydrogen) atoms. The number of aryl methyl sites for hydroxylation is 1. The van der Waals surface area contributed by atoms with Crippen molar-refractivity contribution >= 4 is 10.0 Å². The minimum absolute atomic E-state index is 0.0427. The van der Waals surface area contributed by atoms with E-state index in [9.17, 15) is 8.42 Å². The third kappa shape index (κ3) is 3.09. The molecule has 3 N–H and O–H groups in total. The van der Waals surface area contributed by atoms with Crippen molar-refractivity contribution < 1.29 is 13.5 Å². The SMILES string of the molecule is Cc1[nH]nc(CO)c1S(=O)(=O)NC(C)C(C)(C)C. The van der Waals surface area contributed by atoms with Crippen LogP contribution in [0.1, 0.15) is 39.1 Å². The molecule has 0 aliphatic carbocycles. The fourth-order valence-electron chi connectivity index (χ4n) is 1.40. The fourth-order valence-corrected chi connectivity index (χ4v) is 3.21. The van der Waals surface area contributed by atoms with Gasteiger partial charge in [0.1, 0.15) is 10.6 Å². The Kier molecular flexibility index (Phi) is 4.19. The van der Waals surface area contributed by atoms with E-state index in [0.29, 0.717) is 5.69 Å². The highest BCUT2D eigenvalue weighted by Gasteiger charge is 2.29. The monoisotopic (exact) mass is 275 g/mol. The van der Waals surface area contributed by atoms with Crippen molar-refractivity contribution in [2.45, 2.75) is 52.2 Å². The molecule has 1 aromatic rings. The Hall–Kier alpha value is -0.920. The van der Waals surface area contributed by atoms with Gasteiger partial charge in [-0.3, -0.25) is 5.10 Å². The van der Waals surface area contributed by atoms with Gasteiger partial charge in [-0.15, -0.1) is 0 Å². The van der Waals surface area contributed by atoms with Crippen molar-refractivity contribution in [1.29, 1.82) is 0 Å². The van der Waals surface area contributed by atoms with Crippen LogP contribution >= 0.6 is 0 Å². The summed E-state index contributed by atoms with van der Waals surface area (Å²) >= 11 is 0. The molecule has 0 aromatic carbocycles. The summed E-state index contributed by atoms with van der Waals surface area (Å²) in [6, 6.07) is -0.233. The second-order valence-electron chi connectivity index (χ2n) is 5.49. The summed E-state index contributed by atoms with van der Waals surface area (Å²) in [7, 11) is -3.68. The van der Waals surface area contributed by atoms with Crippen LogP contribution < -0.4 is 4.72 Å². The molecule has 1 aromatic heterocycles. The molecule has 0 aliphatic heterocycles. The van der Waals surface area contributed by atoms with E-state index in [-0.39, 0.29) is 22.0 Å². The van der Waals surface area contributed by atoms with Gasteiger partial charge in [0.05, 0.1) is 12.3 Å². The fraction of sp³-hybridized carbons (Fsp3) is 0.727. The molecular weight excluding hydrogens is 254 g/mol. The van der Waals surface area contributed by atoms with Crippen LogP contribution in [0.2, 0.25) is 0 Å². The number of nitrogens with zero attached hydrogens (tertiary/aromatic N) is 1. The van der Waals surface area contributed by atoms with E-state index in [0.717, 1.165) is 0 Å². The molecular formula is C11H21N3O3S. The summed E-state index contributed by atoms with van der Waals surface area (Å²) in [5.74, 6) is 0. The predicted octanol–water partition coefficient (Wildman–Crippen LogP) is 0.923. The smallest absolute Gasteiger partial charge is 0.244 e. The number of sulfonamides is 1. The van der Waals surface area contributed by atoms with Crippen LogP contribution in [-0.2, 0) is 16.6 Å². The van der Waals surface area contributed by atoms with Crippen molar-refractivity contribution in [3.05, 3.63) is 11.4 Å². The first-order valence-corrected chi connectivity index (χ1v) is 7.25. The molecule has 0 radical (unpaired) electrons. The molecule has 1 rings (SSSR count). The van der Waals surface area contributed by atoms with Crippen LogP contribution in [0.4, 0.5) is 0 Å². The van der Waals surface area contributed by atoms with Gasteiger partial charge >= 0.3 is 0 Å². The van der Waals surface area contributed by atoms with E-state index in [4.69, 9.17) is 5.11 Å². The number of H-pyrrole nitrogens is 1. The van der Waals surface area contributed by atoms with E-state index in [1.807, 2.05) is 27.7 Å². The molecule has 0 amide bonds. The summed E-state index contributed by atoms with van der Waals surface area (Å²) in [4.78, 5) is 0.0427. The number of aromatic amines is 1. The average molecular weight is 275 g/mol. The molecule has 0 spiro atoms. The predicted molar refractivity (Wildman–Crippen MR) is 68.5 cm³/mol. The first-order chi connectivity index (χ1) is 8.09. The van der Waals surface area contributed by atoms with Gasteiger partial charge in [0.15, 0.2) is 0 Å². The summed E-state index contributed by atoms with van der Waals surface area (Å²) in [5.41, 5.74) is 0.373. The molecule has 104 valence electrons. The van der Waals surface area contributed by atoms with Crippen LogP contribution in [0.5, 0.6) is 0 Å². The Morgan fingerprint density at radius 3 is 2.44 bits per heavy atom. The third-order valence-corrected chi connectivity index (χ3v) is 4.75. The van der Waals surface area contributed by atoms with Crippen LogP contribution in [0, 0.1) is 12.3 Å². The van der Waals surface area contributed by atoms with Crippen LogP contribution in [0.3, 0.4) is 0 Å². The maximum atomic E-state index is 12.3. The van der Waals surface area contributed by atoms with Crippen LogP contribution in [0.25, 0.3) is 0 Å². The van der Waals surface area contributed by atoms with Gasteiger partial charge in [-0.1, -0.05) is 20.8 Å². The number of hydrogen-bond donors (Lipinski definition) is 3. The van der Waals surface area contributed by atoms with Gasteiger partial charge in [-0.2, -0.15) is 5.10 Å². The zero-order valence-electron chi connectivity index (χ0n) is 11.4. The highest BCUT2D eigenvalue weighted by Crippen LogP contribution is 2.23. The van der Waals surface area contributed by atoms with Gasteiger partial charge in [0.25, 0.3) is 0 Å². The highest BCUT2D eigenvalue weighted by molar-refractivity contribution is 7.89. The molecule has 7 heteroatoms. The van der Waals surface area contributed by atoms with Crippen molar-refractivity contribution in [3.8, 4) is 0 Å². The number of aliphatic hydroxyl groups excluding tert-OH is 1. The Morgan fingerprint density at radius 1 is 1.44 bits per heavy atom. The molecule has 0 saturated carbocycles. The normalized spacial score (nSPS) is 14.8. The number of nitrogens with one attached hydrogen (secondary N) is 2. The zero-order valence-corrected chi connectivity index (χ0v) is 12.2. The van der Waals surface area contributed by atoms with Crippen molar-refractivity contribution in [2.75, 3.05) is 0 Å². The lowest BCUT2D eigenvalue weighted by Gasteiger charge is -2.27. The minimum atomic E-state index is -3.68. The maximum absolute atomic E-state index is 12.3. The first-order valence-electron chi connectivity index (χ1n) is 5.76. The number of hydrogen-bond acceptors (Lipinski definition) is 4. The molecule has 1 atom stereocenters. The number of rotatable bonds is 4. The summed E-state index contributed by atoms with van der Waals surface area (Å²) in [6.45, 7) is 8.87. The van der Waals surface area contributed by atoms with Gasteiger partial charge in [0.2, 0.25) is 10.0 Å². The van der Waals surface area contributed by atoms with Crippen molar-refractivity contribution in [3.63, 3.8) is 0 Å². The zero-order chi connectivity index (χ0) is 14.1. The summed E-state index contributed by atoms with van der Waals surface area (Å²) < 4.78 is 27.2. The lowest BCUT2D eigenvalue weighted by molar-refractivity contribution is 0.273. The van der Waals surface area contributed by atoms with Gasteiger partial charge in [-0.05, 0) is 19.3 Å². The van der Waals surface area contributed by atoms with Gasteiger partial charge in [0, 0.05) is 6.04 Å². The standard InChI is InChI=1S/C11H21N3O3S/c1-7-10(9(6-15)13-12-7)18(16,17)14-8(2)11(3,4)5/h8,14-15H,6H2,1-5H3,(H,12,13). The number of aliphatic hydroxyl groups is 1. The van der Waals surface area contributed by atoms with Crippen molar-refractivity contribution in [1.82, 2.24) is 14.9 Å². The molecule has 1 unspecified atom stereocenters. The lowest BCUT2D eigenvalue weighted by Crippen LogP contribution is -2.41. The lowest BCUT2D eigenvalue weighted by atomic mass is 9.89. The second kappa shape index (κ2) is 4.99. The highest BCUT2D eigenvalue weighted by atomic mass is 32.2. The van der Waals surface area contributed by atoms with Gasteiger partial charge < -0.3 is 5.11 Å². The summed E-state index contributed by atoms with van der Waals surface area (Å²) in [5, 5.41) is 15.5. The van der Waals surface area contributed by atoms with E-state index in [2.05, 4.69) is 14.9 Å². The van der Waals surface area contributed by atoms with Crippen molar-refractivity contribution in [2.24, 2.45) is 5.41 Å². The number of aromatic nitrogens is 2. The molecule has 6 nitrogen and oxygen atoms in total. The summed E-state index contributed by atoms with van der Waals surface area (Å²) in [6.07, 6.45) is 0. The topological polar surface area (TPSA) is 95.1 Å². The van der Waals surface area contributed by atoms with E-state index in [1.54, 1.807) is 6.92 Å². The quantitative estimate of drug-likeness (QED) is 0.761. The Labute approximate surface area is 108 Å². The Balaban J connectivity index is 3.11. The largest absolute Gasteiger partial charge is 0.390 e. The molecule has 1 heterocycles. The first kappa shape index (κ1) is 15.1. The third-order valence-electron chi connectivity index (χ3n) is 3.01. The van der Waals surface area contributed by atoms with E-state index in [1.165, 1.54) is 0 Å². The van der Waals surface area contributed by atoms with E-state index >= 15 is 0 Å². The van der Waals surface area contributed by atoms with Crippen LogP contribution in [0.15, 0.2) is 4.90 Å². The average Bonchev–Trinajstić information content (AvgIpc) is 2.58. The Morgan fingerprint density at radius 2 is 2.00 bits per heavy atom. The molecule has 0 bridgehead atoms. The maximum Gasteiger partial charge on any atom is 0.244 e. The molecule has 0 fully saturated rings. The minimum Gasteiger partial charge on any atom is -0.390 e. The second-order valence-corrected chi connectivity index (χ2v) is 7.14. The van der Waals surface area contributed by atoms with Crippen LogP contribution in [-0.4, -0.2) is 29.8 Å². The Bertz CT molecular complexity index is 514. The molecule has 0 saturated heterocycles. The van der Waals surface area contributed by atoms with E-state index < -0.39 is 16.6 Å².